The van der Waals surface area contributed by atoms with Crippen LogP contribution in [0.1, 0.15) is 0 Å². The first-order chi connectivity index (χ1) is 6.74. The second-order valence-corrected chi connectivity index (χ2v) is 2.85. The van der Waals surface area contributed by atoms with E-state index in [2.05, 4.69) is 10.3 Å². The number of hydrogen-bond donors (Lipinski definition) is 2. The SMILES string of the molecule is CNC(=O)n1c(N)nc2ccccc21.Cl. The number of halogens is 1. The maximum atomic E-state index is 11.4. The first-order valence-corrected chi connectivity index (χ1v) is 4.19. The smallest absolute Gasteiger partial charge is 0.328 e. The maximum Gasteiger partial charge on any atom is 0.328 e. The van der Waals surface area contributed by atoms with Crippen LogP contribution in [0, 0.1) is 0 Å². The summed E-state index contributed by atoms with van der Waals surface area (Å²) in [4.78, 5) is 15.5. The fourth-order valence-corrected chi connectivity index (χ4v) is 1.37. The molecule has 80 valence electrons. The number of rotatable bonds is 0. The van der Waals surface area contributed by atoms with Crippen LogP contribution in [0.25, 0.3) is 11.0 Å². The fraction of sp³-hybridized carbons (Fsp3) is 0.111. The Balaban J connectivity index is 0.00000112. The molecule has 0 spiro atoms. The van der Waals surface area contributed by atoms with Gasteiger partial charge in [-0.2, -0.15) is 0 Å². The molecule has 1 aromatic heterocycles. The van der Waals surface area contributed by atoms with Crippen molar-refractivity contribution in [2.24, 2.45) is 0 Å². The zero-order chi connectivity index (χ0) is 10.1. The van der Waals surface area contributed by atoms with Crippen molar-refractivity contribution in [2.45, 2.75) is 0 Å². The molecule has 0 radical (unpaired) electrons. The molecule has 15 heavy (non-hydrogen) atoms. The maximum absolute atomic E-state index is 11.4. The van der Waals surface area contributed by atoms with Gasteiger partial charge in [-0.1, -0.05) is 12.1 Å². The third-order valence-corrected chi connectivity index (χ3v) is 2.00. The van der Waals surface area contributed by atoms with Crippen molar-refractivity contribution >= 4 is 35.4 Å². The summed E-state index contributed by atoms with van der Waals surface area (Å²) in [6.07, 6.45) is 0. The third-order valence-electron chi connectivity index (χ3n) is 2.00. The van der Waals surface area contributed by atoms with Gasteiger partial charge in [-0.05, 0) is 12.1 Å². The predicted octanol–water partition coefficient (Wildman–Crippen LogP) is 1.23. The summed E-state index contributed by atoms with van der Waals surface area (Å²) >= 11 is 0. The molecular weight excluding hydrogens is 216 g/mol. The molecule has 1 aromatic carbocycles. The van der Waals surface area contributed by atoms with E-state index in [9.17, 15) is 4.79 Å². The molecule has 6 heteroatoms. The first kappa shape index (κ1) is 11.3. The Morgan fingerprint density at radius 3 is 2.80 bits per heavy atom. The number of anilines is 1. The molecule has 0 aliphatic carbocycles. The minimum Gasteiger partial charge on any atom is -0.369 e. The van der Waals surface area contributed by atoms with Crippen LogP contribution in [0.15, 0.2) is 24.3 Å². The van der Waals surface area contributed by atoms with Crippen LogP contribution >= 0.6 is 12.4 Å². The van der Waals surface area contributed by atoms with Gasteiger partial charge in [-0.25, -0.2) is 14.3 Å². The highest BCUT2D eigenvalue weighted by molar-refractivity contribution is 5.92. The number of hydrogen-bond acceptors (Lipinski definition) is 3. The lowest BCUT2D eigenvalue weighted by Gasteiger charge is -2.02. The van der Waals surface area contributed by atoms with Gasteiger partial charge in [0.25, 0.3) is 0 Å². The zero-order valence-corrected chi connectivity index (χ0v) is 8.91. The summed E-state index contributed by atoms with van der Waals surface area (Å²) in [7, 11) is 1.55. The number of nitrogens with one attached hydrogen (secondary N) is 1. The van der Waals surface area contributed by atoms with Crippen LogP contribution in [-0.2, 0) is 0 Å². The Bertz CT molecular complexity index is 494. The number of amides is 1. The van der Waals surface area contributed by atoms with Gasteiger partial charge in [0.2, 0.25) is 5.95 Å². The Kier molecular flexibility index (Phi) is 3.16. The Labute approximate surface area is 92.7 Å². The van der Waals surface area contributed by atoms with Gasteiger partial charge >= 0.3 is 6.03 Å². The molecule has 2 rings (SSSR count). The van der Waals surface area contributed by atoms with Gasteiger partial charge in [0.1, 0.15) is 0 Å². The number of carbonyl (C=O) groups is 1. The molecule has 0 fully saturated rings. The van der Waals surface area contributed by atoms with Crippen LogP contribution in [0.2, 0.25) is 0 Å². The van der Waals surface area contributed by atoms with Crippen LogP contribution in [0.4, 0.5) is 10.7 Å². The Hall–Kier alpha value is -1.75. The van der Waals surface area contributed by atoms with Gasteiger partial charge in [-0.15, -0.1) is 12.4 Å². The molecule has 3 N–H and O–H groups in total. The highest BCUT2D eigenvalue weighted by atomic mass is 35.5. The quantitative estimate of drug-likeness (QED) is 0.710. The topological polar surface area (TPSA) is 72.9 Å². The van der Waals surface area contributed by atoms with Crippen molar-refractivity contribution in [2.75, 3.05) is 12.8 Å². The third kappa shape index (κ3) is 1.73. The molecule has 2 aromatic rings. The molecular formula is C9H11ClN4O. The standard InChI is InChI=1S/C9H10N4O.ClH/c1-11-9(14)13-7-5-3-2-4-6(7)12-8(13)10;/h2-5H,1H3,(H2,10,12)(H,11,14);1H. The van der Waals surface area contributed by atoms with Crippen LogP contribution in [0.5, 0.6) is 0 Å². The minimum absolute atomic E-state index is 0. The van der Waals surface area contributed by atoms with E-state index in [-0.39, 0.29) is 24.4 Å². The van der Waals surface area contributed by atoms with Crippen molar-refractivity contribution in [3.8, 4) is 0 Å². The van der Waals surface area contributed by atoms with E-state index < -0.39 is 0 Å². The molecule has 0 bridgehead atoms. The van der Waals surface area contributed by atoms with E-state index in [0.717, 1.165) is 0 Å². The normalized spacial score (nSPS) is 9.67. The molecule has 0 aliphatic rings. The number of aromatic nitrogens is 2. The summed E-state index contributed by atoms with van der Waals surface area (Å²) < 4.78 is 1.34. The summed E-state index contributed by atoms with van der Waals surface area (Å²) in [5.41, 5.74) is 7.05. The van der Waals surface area contributed by atoms with Crippen molar-refractivity contribution in [1.29, 1.82) is 0 Å². The molecule has 0 unspecified atom stereocenters. The zero-order valence-electron chi connectivity index (χ0n) is 8.10. The van der Waals surface area contributed by atoms with Gasteiger partial charge in [0.05, 0.1) is 11.0 Å². The number of nitrogen functional groups attached to an aromatic ring is 1. The number of nitrogens with two attached hydrogens (primary N) is 1. The average molecular weight is 227 g/mol. The van der Waals surface area contributed by atoms with Crippen molar-refractivity contribution < 1.29 is 4.79 Å². The second kappa shape index (κ2) is 4.18. The largest absolute Gasteiger partial charge is 0.369 e. The average Bonchev–Trinajstić information content (AvgIpc) is 2.53. The summed E-state index contributed by atoms with van der Waals surface area (Å²) in [6.45, 7) is 0. The summed E-state index contributed by atoms with van der Waals surface area (Å²) in [5, 5.41) is 2.50. The highest BCUT2D eigenvalue weighted by Crippen LogP contribution is 2.16. The summed E-state index contributed by atoms with van der Waals surface area (Å²) in [6, 6.07) is 7.02. The highest BCUT2D eigenvalue weighted by Gasteiger charge is 2.12. The molecule has 0 saturated heterocycles. The molecule has 0 aliphatic heterocycles. The minimum atomic E-state index is -0.281. The number of nitrogens with zero attached hydrogens (tertiary/aromatic N) is 2. The van der Waals surface area contributed by atoms with Crippen LogP contribution in [0.3, 0.4) is 0 Å². The number of para-hydroxylation sites is 2. The van der Waals surface area contributed by atoms with Crippen LogP contribution < -0.4 is 11.1 Å². The fourth-order valence-electron chi connectivity index (χ4n) is 1.37. The van der Waals surface area contributed by atoms with Gasteiger partial charge < -0.3 is 11.1 Å². The van der Waals surface area contributed by atoms with E-state index in [4.69, 9.17) is 5.73 Å². The van der Waals surface area contributed by atoms with E-state index in [1.54, 1.807) is 13.1 Å². The predicted molar refractivity (Wildman–Crippen MR) is 61.2 cm³/mol. The van der Waals surface area contributed by atoms with E-state index in [1.165, 1.54) is 4.57 Å². The van der Waals surface area contributed by atoms with E-state index in [0.29, 0.717) is 11.0 Å². The van der Waals surface area contributed by atoms with E-state index >= 15 is 0 Å². The number of fused-ring (bicyclic) bond motifs is 1. The number of carbonyl (C=O) groups excluding carboxylic acids is 1. The van der Waals surface area contributed by atoms with Gasteiger partial charge in [0.15, 0.2) is 0 Å². The lowest BCUT2D eigenvalue weighted by atomic mass is 10.3. The van der Waals surface area contributed by atoms with Gasteiger partial charge in [0, 0.05) is 7.05 Å². The Morgan fingerprint density at radius 1 is 1.47 bits per heavy atom. The second-order valence-electron chi connectivity index (χ2n) is 2.85. The molecule has 0 atom stereocenters. The lowest BCUT2D eigenvalue weighted by Crippen LogP contribution is -2.25. The monoisotopic (exact) mass is 226 g/mol. The van der Waals surface area contributed by atoms with Crippen molar-refractivity contribution in [1.82, 2.24) is 14.9 Å². The lowest BCUT2D eigenvalue weighted by molar-refractivity contribution is 0.245. The molecule has 1 heterocycles. The van der Waals surface area contributed by atoms with Crippen LogP contribution in [-0.4, -0.2) is 22.6 Å². The summed E-state index contributed by atoms with van der Waals surface area (Å²) in [5.74, 6) is 0.200. The number of benzene rings is 1. The molecule has 1 amide bonds. The molecule has 5 nitrogen and oxygen atoms in total. The Morgan fingerprint density at radius 2 is 2.13 bits per heavy atom. The van der Waals surface area contributed by atoms with Crippen molar-refractivity contribution in [3.05, 3.63) is 24.3 Å². The molecule has 0 saturated carbocycles. The van der Waals surface area contributed by atoms with Gasteiger partial charge in [-0.3, -0.25) is 0 Å². The van der Waals surface area contributed by atoms with E-state index in [1.807, 2.05) is 18.2 Å². The number of imidazole rings is 1. The van der Waals surface area contributed by atoms with Crippen molar-refractivity contribution in [3.63, 3.8) is 0 Å². The first-order valence-electron chi connectivity index (χ1n) is 4.19.